The van der Waals surface area contributed by atoms with Gasteiger partial charge < -0.3 is 5.32 Å². The molecule has 3 rings (SSSR count). The Morgan fingerprint density at radius 2 is 1.71 bits per heavy atom. The summed E-state index contributed by atoms with van der Waals surface area (Å²) in [5.74, 6) is -0.940. The van der Waals surface area contributed by atoms with Crippen molar-refractivity contribution in [1.82, 2.24) is 15.0 Å². The summed E-state index contributed by atoms with van der Waals surface area (Å²) in [6.45, 7) is 3.69. The quantitative estimate of drug-likeness (QED) is 0.537. The minimum Gasteiger partial charge on any atom is -0.343 e. The fraction of sp³-hybridized carbons (Fsp3) is 0.250. The van der Waals surface area contributed by atoms with E-state index in [0.717, 1.165) is 5.56 Å². The van der Waals surface area contributed by atoms with Crippen molar-refractivity contribution in [2.45, 2.75) is 32.9 Å². The van der Waals surface area contributed by atoms with E-state index >= 15 is 0 Å². The van der Waals surface area contributed by atoms with Gasteiger partial charge in [0, 0.05) is 11.6 Å². The molecule has 1 aromatic heterocycles. The number of aromatic nitrogens is 2. The standard InChI is InChI=1S/C24H25N3O4/c1-17(2)15-20(25-22(29)14-13-18-9-5-3-6-10-18)21(28)16-27-23(26-31-24(27)30)19-11-7-4-8-12-19/h3-14,17,20H,15-16H2,1-2H3,(H,25,29)/t20-/m0/s1. The smallest absolute Gasteiger partial charge is 0.343 e. The van der Waals surface area contributed by atoms with E-state index in [9.17, 15) is 14.4 Å². The molecule has 1 heterocycles. The number of nitrogens with zero attached hydrogens (tertiary/aromatic N) is 2. The van der Waals surface area contributed by atoms with Crippen LogP contribution in [0.4, 0.5) is 0 Å². The molecular weight excluding hydrogens is 394 g/mol. The van der Waals surface area contributed by atoms with Crippen molar-refractivity contribution < 1.29 is 14.1 Å². The molecule has 0 saturated carbocycles. The van der Waals surface area contributed by atoms with Gasteiger partial charge in [-0.1, -0.05) is 79.7 Å². The second kappa shape index (κ2) is 10.3. The first-order chi connectivity index (χ1) is 14.9. The van der Waals surface area contributed by atoms with Crippen LogP contribution in [0.3, 0.4) is 0 Å². The van der Waals surface area contributed by atoms with E-state index in [2.05, 4.69) is 10.5 Å². The third kappa shape index (κ3) is 6.12. The second-order valence-corrected chi connectivity index (χ2v) is 7.63. The maximum Gasteiger partial charge on any atom is 0.442 e. The number of hydrogen-bond acceptors (Lipinski definition) is 5. The summed E-state index contributed by atoms with van der Waals surface area (Å²) >= 11 is 0. The van der Waals surface area contributed by atoms with Crippen LogP contribution in [0.25, 0.3) is 17.5 Å². The molecule has 160 valence electrons. The van der Waals surface area contributed by atoms with Crippen LogP contribution in [0.15, 0.2) is 76.1 Å². The van der Waals surface area contributed by atoms with Gasteiger partial charge in [-0.25, -0.2) is 9.36 Å². The predicted molar refractivity (Wildman–Crippen MR) is 118 cm³/mol. The Balaban J connectivity index is 1.75. The molecular formula is C24H25N3O4. The van der Waals surface area contributed by atoms with Crippen LogP contribution < -0.4 is 11.1 Å². The lowest BCUT2D eigenvalue weighted by Gasteiger charge is -2.19. The van der Waals surface area contributed by atoms with Gasteiger partial charge in [-0.3, -0.25) is 14.1 Å². The number of benzene rings is 2. The molecule has 7 nitrogen and oxygen atoms in total. The summed E-state index contributed by atoms with van der Waals surface area (Å²) in [5, 5.41) is 6.58. The highest BCUT2D eigenvalue weighted by atomic mass is 16.5. The van der Waals surface area contributed by atoms with Gasteiger partial charge in [0.1, 0.15) is 0 Å². The lowest BCUT2D eigenvalue weighted by atomic mass is 10.00. The molecule has 1 N–H and O–H groups in total. The van der Waals surface area contributed by atoms with Crippen LogP contribution in [0.1, 0.15) is 25.8 Å². The third-order valence-corrected chi connectivity index (χ3v) is 4.67. The van der Waals surface area contributed by atoms with Crippen LogP contribution in [0.2, 0.25) is 0 Å². The SMILES string of the molecule is CC(C)C[C@H](NC(=O)C=Cc1ccccc1)C(=O)Cn1c(-c2ccccc2)noc1=O. The zero-order valence-electron chi connectivity index (χ0n) is 17.5. The molecule has 0 aliphatic rings. The van der Waals surface area contributed by atoms with Crippen molar-refractivity contribution >= 4 is 17.8 Å². The minimum atomic E-state index is -0.738. The summed E-state index contributed by atoms with van der Waals surface area (Å²) in [6, 6.07) is 17.7. The van der Waals surface area contributed by atoms with E-state index in [4.69, 9.17) is 4.52 Å². The van der Waals surface area contributed by atoms with E-state index in [-0.39, 0.29) is 30.0 Å². The van der Waals surface area contributed by atoms with E-state index in [1.165, 1.54) is 10.6 Å². The zero-order valence-corrected chi connectivity index (χ0v) is 17.5. The van der Waals surface area contributed by atoms with Crippen LogP contribution >= 0.6 is 0 Å². The van der Waals surface area contributed by atoms with Gasteiger partial charge in [0.2, 0.25) is 5.91 Å². The fourth-order valence-corrected chi connectivity index (χ4v) is 3.17. The molecule has 2 aromatic carbocycles. The van der Waals surface area contributed by atoms with E-state index in [1.54, 1.807) is 18.2 Å². The first kappa shape index (κ1) is 22.0. The van der Waals surface area contributed by atoms with Crippen molar-refractivity contribution in [1.29, 1.82) is 0 Å². The number of nitrogens with one attached hydrogen (secondary N) is 1. The van der Waals surface area contributed by atoms with E-state index < -0.39 is 11.8 Å². The van der Waals surface area contributed by atoms with Gasteiger partial charge in [0.05, 0.1) is 12.6 Å². The summed E-state index contributed by atoms with van der Waals surface area (Å²) in [4.78, 5) is 37.6. The highest BCUT2D eigenvalue weighted by Gasteiger charge is 2.24. The average molecular weight is 419 g/mol. The average Bonchev–Trinajstić information content (AvgIpc) is 3.13. The third-order valence-electron chi connectivity index (χ3n) is 4.67. The Bertz CT molecular complexity index is 1100. The number of carbonyl (C=O) groups excluding carboxylic acids is 2. The molecule has 3 aromatic rings. The Morgan fingerprint density at radius 3 is 2.35 bits per heavy atom. The molecule has 0 unspecified atom stereocenters. The maximum atomic E-state index is 13.0. The summed E-state index contributed by atoms with van der Waals surface area (Å²) < 4.78 is 5.98. The molecule has 0 aliphatic heterocycles. The first-order valence-electron chi connectivity index (χ1n) is 10.1. The highest BCUT2D eigenvalue weighted by molar-refractivity contribution is 5.96. The second-order valence-electron chi connectivity index (χ2n) is 7.63. The summed E-state index contributed by atoms with van der Waals surface area (Å²) in [7, 11) is 0. The first-order valence-corrected chi connectivity index (χ1v) is 10.1. The Kier molecular flexibility index (Phi) is 7.32. The van der Waals surface area contributed by atoms with E-state index in [0.29, 0.717) is 12.0 Å². The largest absolute Gasteiger partial charge is 0.442 e. The number of hydrogen-bond donors (Lipinski definition) is 1. The number of Topliss-reactive ketones (excluding diaryl/α,β-unsaturated/α-hetero) is 1. The Hall–Kier alpha value is -3.74. The Morgan fingerprint density at radius 1 is 1.06 bits per heavy atom. The van der Waals surface area contributed by atoms with Gasteiger partial charge in [-0.15, -0.1) is 0 Å². The molecule has 0 radical (unpaired) electrons. The number of rotatable bonds is 9. The lowest BCUT2D eigenvalue weighted by molar-refractivity contribution is -0.126. The molecule has 0 spiro atoms. The van der Waals surface area contributed by atoms with Crippen LogP contribution in [0.5, 0.6) is 0 Å². The molecule has 1 amide bonds. The van der Waals surface area contributed by atoms with Crippen molar-refractivity contribution in [3.05, 3.63) is 82.9 Å². The highest BCUT2D eigenvalue weighted by Crippen LogP contribution is 2.16. The molecule has 0 fully saturated rings. The number of ketones is 1. The topological polar surface area (TPSA) is 94.2 Å². The van der Waals surface area contributed by atoms with E-state index in [1.807, 2.05) is 62.4 Å². The van der Waals surface area contributed by atoms with Gasteiger partial charge in [0.25, 0.3) is 0 Å². The van der Waals surface area contributed by atoms with Crippen LogP contribution in [-0.2, 0) is 16.1 Å². The fourth-order valence-electron chi connectivity index (χ4n) is 3.17. The van der Waals surface area contributed by atoms with Gasteiger partial charge in [-0.05, 0) is 24.0 Å². The predicted octanol–water partition coefficient (Wildman–Crippen LogP) is 3.32. The van der Waals surface area contributed by atoms with Crippen molar-refractivity contribution in [2.75, 3.05) is 0 Å². The normalized spacial score (nSPS) is 12.2. The number of amides is 1. The summed E-state index contributed by atoms with van der Waals surface area (Å²) in [6.07, 6.45) is 3.53. The molecule has 0 aliphatic carbocycles. The van der Waals surface area contributed by atoms with Crippen LogP contribution in [0, 0.1) is 5.92 Å². The lowest BCUT2D eigenvalue weighted by Crippen LogP contribution is -2.43. The molecule has 7 heteroatoms. The molecule has 0 saturated heterocycles. The number of carbonyl (C=O) groups is 2. The van der Waals surface area contributed by atoms with Crippen LogP contribution in [-0.4, -0.2) is 27.5 Å². The van der Waals surface area contributed by atoms with Crippen molar-refractivity contribution in [3.8, 4) is 11.4 Å². The monoisotopic (exact) mass is 419 g/mol. The van der Waals surface area contributed by atoms with Crippen molar-refractivity contribution in [3.63, 3.8) is 0 Å². The van der Waals surface area contributed by atoms with Gasteiger partial charge >= 0.3 is 5.76 Å². The summed E-state index contributed by atoms with van der Waals surface area (Å²) in [5.41, 5.74) is 1.55. The van der Waals surface area contributed by atoms with Crippen molar-refractivity contribution in [2.24, 2.45) is 5.92 Å². The molecule has 31 heavy (non-hydrogen) atoms. The minimum absolute atomic E-state index is 0.167. The molecule has 1 atom stereocenters. The Labute approximate surface area is 180 Å². The van der Waals surface area contributed by atoms with Gasteiger partial charge in [0.15, 0.2) is 11.6 Å². The maximum absolute atomic E-state index is 13.0. The van der Waals surface area contributed by atoms with Gasteiger partial charge in [-0.2, -0.15) is 0 Å². The molecule has 0 bridgehead atoms. The zero-order chi connectivity index (χ0) is 22.2.